The molecule has 0 saturated carbocycles. The zero-order valence-electron chi connectivity index (χ0n) is 10.5. The van der Waals surface area contributed by atoms with Crippen LogP contribution < -0.4 is 11.1 Å². The standard InChI is InChI=1S/C15H20N2/c1-3-17-10-15(16)14-7-6-12-8-11(2)4-5-13(12)9-14/h4-9,15,17H,3,10,16H2,1-2H3. The van der Waals surface area contributed by atoms with E-state index >= 15 is 0 Å². The molecule has 1 atom stereocenters. The third kappa shape index (κ3) is 2.84. The van der Waals surface area contributed by atoms with Crippen molar-refractivity contribution >= 4 is 10.8 Å². The molecule has 0 bridgehead atoms. The summed E-state index contributed by atoms with van der Waals surface area (Å²) in [6, 6.07) is 13.1. The summed E-state index contributed by atoms with van der Waals surface area (Å²) in [7, 11) is 0. The Labute approximate surface area is 103 Å². The number of likely N-dealkylation sites (N-methyl/N-ethyl adjacent to an activating group) is 1. The van der Waals surface area contributed by atoms with Crippen molar-refractivity contribution in [2.45, 2.75) is 19.9 Å². The van der Waals surface area contributed by atoms with Gasteiger partial charge in [0, 0.05) is 12.6 Å². The number of benzene rings is 2. The van der Waals surface area contributed by atoms with Crippen molar-refractivity contribution in [3.05, 3.63) is 47.5 Å². The van der Waals surface area contributed by atoms with Crippen LogP contribution in [0.5, 0.6) is 0 Å². The molecule has 0 heterocycles. The molecular weight excluding hydrogens is 208 g/mol. The van der Waals surface area contributed by atoms with Gasteiger partial charge < -0.3 is 11.1 Å². The summed E-state index contributed by atoms with van der Waals surface area (Å²) in [6.45, 7) is 5.99. The molecule has 0 saturated heterocycles. The van der Waals surface area contributed by atoms with E-state index in [0.29, 0.717) is 0 Å². The molecule has 90 valence electrons. The van der Waals surface area contributed by atoms with Gasteiger partial charge in [-0.1, -0.05) is 42.8 Å². The molecule has 0 radical (unpaired) electrons. The van der Waals surface area contributed by atoms with Gasteiger partial charge in [-0.25, -0.2) is 0 Å². The molecule has 17 heavy (non-hydrogen) atoms. The fourth-order valence-electron chi connectivity index (χ4n) is 2.03. The molecule has 0 aliphatic carbocycles. The van der Waals surface area contributed by atoms with E-state index in [1.807, 2.05) is 0 Å². The van der Waals surface area contributed by atoms with Crippen LogP contribution in [0.3, 0.4) is 0 Å². The Morgan fingerprint density at radius 3 is 2.59 bits per heavy atom. The van der Waals surface area contributed by atoms with E-state index in [4.69, 9.17) is 5.73 Å². The summed E-state index contributed by atoms with van der Waals surface area (Å²) >= 11 is 0. The van der Waals surface area contributed by atoms with Crippen molar-refractivity contribution in [2.75, 3.05) is 13.1 Å². The van der Waals surface area contributed by atoms with Crippen LogP contribution in [0.2, 0.25) is 0 Å². The Morgan fingerprint density at radius 2 is 1.82 bits per heavy atom. The third-order valence-electron chi connectivity index (χ3n) is 3.06. The summed E-state index contributed by atoms with van der Waals surface area (Å²) in [5.74, 6) is 0. The van der Waals surface area contributed by atoms with Gasteiger partial charge in [-0.05, 0) is 35.9 Å². The molecule has 0 aromatic heterocycles. The van der Waals surface area contributed by atoms with Crippen LogP contribution in [0.15, 0.2) is 36.4 Å². The Hall–Kier alpha value is -1.38. The second-order valence-corrected chi connectivity index (χ2v) is 4.52. The lowest BCUT2D eigenvalue weighted by Crippen LogP contribution is -2.26. The van der Waals surface area contributed by atoms with Crippen molar-refractivity contribution < 1.29 is 0 Å². The number of nitrogens with one attached hydrogen (secondary N) is 1. The molecule has 0 amide bonds. The van der Waals surface area contributed by atoms with Gasteiger partial charge in [0.25, 0.3) is 0 Å². The lowest BCUT2D eigenvalue weighted by atomic mass is 10.0. The fourth-order valence-corrected chi connectivity index (χ4v) is 2.03. The fraction of sp³-hybridized carbons (Fsp3) is 0.333. The summed E-state index contributed by atoms with van der Waals surface area (Å²) in [5.41, 5.74) is 8.63. The average molecular weight is 228 g/mol. The van der Waals surface area contributed by atoms with Crippen molar-refractivity contribution in [1.82, 2.24) is 5.32 Å². The van der Waals surface area contributed by atoms with Crippen LogP contribution in [0, 0.1) is 6.92 Å². The van der Waals surface area contributed by atoms with Gasteiger partial charge in [0.05, 0.1) is 0 Å². The Balaban J connectivity index is 2.28. The molecule has 3 N–H and O–H groups in total. The van der Waals surface area contributed by atoms with Gasteiger partial charge in [-0.3, -0.25) is 0 Å². The van der Waals surface area contributed by atoms with Gasteiger partial charge in [-0.2, -0.15) is 0 Å². The highest BCUT2D eigenvalue weighted by Gasteiger charge is 2.05. The maximum absolute atomic E-state index is 6.14. The number of hydrogen-bond donors (Lipinski definition) is 2. The Morgan fingerprint density at radius 1 is 1.12 bits per heavy atom. The van der Waals surface area contributed by atoms with Crippen LogP contribution in [0.25, 0.3) is 10.8 Å². The molecule has 2 nitrogen and oxygen atoms in total. The number of rotatable bonds is 4. The van der Waals surface area contributed by atoms with Gasteiger partial charge in [0.2, 0.25) is 0 Å². The minimum Gasteiger partial charge on any atom is -0.323 e. The first-order valence-corrected chi connectivity index (χ1v) is 6.17. The van der Waals surface area contributed by atoms with E-state index in [0.717, 1.165) is 13.1 Å². The largest absolute Gasteiger partial charge is 0.323 e. The second-order valence-electron chi connectivity index (χ2n) is 4.52. The highest BCUT2D eigenvalue weighted by atomic mass is 14.9. The van der Waals surface area contributed by atoms with Gasteiger partial charge in [0.1, 0.15) is 0 Å². The molecule has 0 aliphatic heterocycles. The second kappa shape index (κ2) is 5.30. The number of hydrogen-bond acceptors (Lipinski definition) is 2. The van der Waals surface area contributed by atoms with Crippen LogP contribution in [0.1, 0.15) is 24.1 Å². The first-order chi connectivity index (χ1) is 8.20. The molecule has 0 fully saturated rings. The van der Waals surface area contributed by atoms with E-state index in [9.17, 15) is 0 Å². The molecule has 0 spiro atoms. The summed E-state index contributed by atoms with van der Waals surface area (Å²) in [4.78, 5) is 0. The predicted molar refractivity (Wildman–Crippen MR) is 74.2 cm³/mol. The van der Waals surface area contributed by atoms with Crippen molar-refractivity contribution in [3.63, 3.8) is 0 Å². The number of nitrogens with two attached hydrogens (primary N) is 1. The highest BCUT2D eigenvalue weighted by molar-refractivity contribution is 5.83. The molecule has 2 rings (SSSR count). The zero-order valence-corrected chi connectivity index (χ0v) is 10.5. The Kier molecular flexibility index (Phi) is 3.77. The first kappa shape index (κ1) is 12.1. The maximum Gasteiger partial charge on any atom is 0.0421 e. The van der Waals surface area contributed by atoms with E-state index < -0.39 is 0 Å². The third-order valence-corrected chi connectivity index (χ3v) is 3.06. The van der Waals surface area contributed by atoms with E-state index in [1.165, 1.54) is 21.9 Å². The molecule has 2 aromatic carbocycles. The van der Waals surface area contributed by atoms with E-state index in [-0.39, 0.29) is 6.04 Å². The van der Waals surface area contributed by atoms with Gasteiger partial charge >= 0.3 is 0 Å². The van der Waals surface area contributed by atoms with E-state index in [1.54, 1.807) is 0 Å². The maximum atomic E-state index is 6.14. The lowest BCUT2D eigenvalue weighted by Gasteiger charge is -2.13. The smallest absolute Gasteiger partial charge is 0.0421 e. The molecule has 0 aliphatic rings. The lowest BCUT2D eigenvalue weighted by molar-refractivity contribution is 0.616. The molecular formula is C15H20N2. The predicted octanol–water partition coefficient (Wildman–Crippen LogP) is 2.76. The van der Waals surface area contributed by atoms with Crippen LogP contribution in [-0.4, -0.2) is 13.1 Å². The van der Waals surface area contributed by atoms with Crippen molar-refractivity contribution in [2.24, 2.45) is 5.73 Å². The van der Waals surface area contributed by atoms with Gasteiger partial charge in [-0.15, -0.1) is 0 Å². The zero-order chi connectivity index (χ0) is 12.3. The topological polar surface area (TPSA) is 38.0 Å². The van der Waals surface area contributed by atoms with E-state index in [2.05, 4.69) is 55.6 Å². The van der Waals surface area contributed by atoms with Crippen molar-refractivity contribution in [1.29, 1.82) is 0 Å². The molecule has 1 unspecified atom stereocenters. The number of aryl methyl sites for hydroxylation is 1. The summed E-state index contributed by atoms with van der Waals surface area (Å²) in [6.07, 6.45) is 0. The average Bonchev–Trinajstić information content (AvgIpc) is 2.35. The molecule has 2 aromatic rings. The highest BCUT2D eigenvalue weighted by Crippen LogP contribution is 2.20. The van der Waals surface area contributed by atoms with Crippen LogP contribution in [-0.2, 0) is 0 Å². The minimum absolute atomic E-state index is 0.0700. The van der Waals surface area contributed by atoms with Gasteiger partial charge in [0.15, 0.2) is 0 Å². The normalized spacial score (nSPS) is 12.9. The quantitative estimate of drug-likeness (QED) is 0.844. The van der Waals surface area contributed by atoms with Crippen LogP contribution in [0.4, 0.5) is 0 Å². The molecule has 2 heteroatoms. The SMILES string of the molecule is CCNCC(N)c1ccc2cc(C)ccc2c1. The first-order valence-electron chi connectivity index (χ1n) is 6.17. The minimum atomic E-state index is 0.0700. The summed E-state index contributed by atoms with van der Waals surface area (Å²) < 4.78 is 0. The monoisotopic (exact) mass is 228 g/mol. The van der Waals surface area contributed by atoms with Crippen molar-refractivity contribution in [3.8, 4) is 0 Å². The Bertz CT molecular complexity index is 505. The number of fused-ring (bicyclic) bond motifs is 1. The summed E-state index contributed by atoms with van der Waals surface area (Å²) in [5, 5.41) is 5.82. The van der Waals surface area contributed by atoms with Crippen LogP contribution >= 0.6 is 0 Å².